The van der Waals surface area contributed by atoms with Crippen LogP contribution in [0.5, 0.6) is 11.5 Å². The average Bonchev–Trinajstić information content (AvgIpc) is 2.57. The predicted molar refractivity (Wildman–Crippen MR) is 88.8 cm³/mol. The number of ether oxygens (including phenoxy) is 2. The first kappa shape index (κ1) is 15.2. The first-order valence-corrected chi connectivity index (χ1v) is 8.01. The van der Waals surface area contributed by atoms with Crippen LogP contribution in [0, 0.1) is 0 Å². The quantitative estimate of drug-likeness (QED) is 0.889. The molecule has 1 heterocycles. The molecule has 3 rings (SSSR count). The van der Waals surface area contributed by atoms with E-state index in [-0.39, 0.29) is 0 Å². The van der Waals surface area contributed by atoms with Crippen LogP contribution in [-0.2, 0) is 6.54 Å². The Morgan fingerprint density at radius 1 is 1.05 bits per heavy atom. The summed E-state index contributed by atoms with van der Waals surface area (Å²) in [6.07, 6.45) is 1.02. The Balaban J connectivity index is 1.66. The zero-order valence-electron chi connectivity index (χ0n) is 12.6. The summed E-state index contributed by atoms with van der Waals surface area (Å²) in [5, 5.41) is 4.36. The summed E-state index contributed by atoms with van der Waals surface area (Å²) in [5.74, 6) is 1.67. The molecule has 2 aromatic rings. The van der Waals surface area contributed by atoms with Crippen molar-refractivity contribution in [1.82, 2.24) is 5.32 Å². The SMILES string of the molecule is CC[C@H](NCc1ccc2c(c1)OCCO2)c1ccc(Cl)cc1. The zero-order valence-corrected chi connectivity index (χ0v) is 13.4. The fraction of sp³-hybridized carbons (Fsp3) is 0.333. The van der Waals surface area contributed by atoms with Crippen molar-refractivity contribution in [2.45, 2.75) is 25.9 Å². The second-order valence-electron chi connectivity index (χ2n) is 5.37. The molecule has 0 unspecified atom stereocenters. The highest BCUT2D eigenvalue weighted by Gasteiger charge is 2.13. The monoisotopic (exact) mass is 317 g/mol. The summed E-state index contributed by atoms with van der Waals surface area (Å²) in [7, 11) is 0. The summed E-state index contributed by atoms with van der Waals surface area (Å²) >= 11 is 5.95. The molecule has 0 fully saturated rings. The van der Waals surface area contributed by atoms with Crippen LogP contribution in [0.3, 0.4) is 0 Å². The number of benzene rings is 2. The maximum Gasteiger partial charge on any atom is 0.161 e. The molecule has 0 radical (unpaired) electrons. The van der Waals surface area contributed by atoms with Crippen LogP contribution in [-0.4, -0.2) is 13.2 Å². The predicted octanol–water partition coefficient (Wildman–Crippen LogP) is 4.35. The molecule has 1 aliphatic rings. The molecule has 0 spiro atoms. The first-order chi connectivity index (χ1) is 10.8. The second-order valence-corrected chi connectivity index (χ2v) is 5.81. The van der Waals surface area contributed by atoms with E-state index in [4.69, 9.17) is 21.1 Å². The van der Waals surface area contributed by atoms with E-state index >= 15 is 0 Å². The van der Waals surface area contributed by atoms with Crippen LogP contribution >= 0.6 is 11.6 Å². The Labute approximate surface area is 136 Å². The van der Waals surface area contributed by atoms with Crippen molar-refractivity contribution in [1.29, 1.82) is 0 Å². The molecule has 116 valence electrons. The van der Waals surface area contributed by atoms with E-state index in [9.17, 15) is 0 Å². The summed E-state index contributed by atoms with van der Waals surface area (Å²) in [6.45, 7) is 4.21. The van der Waals surface area contributed by atoms with Crippen LogP contribution < -0.4 is 14.8 Å². The van der Waals surface area contributed by atoms with Gasteiger partial charge in [0.05, 0.1) is 0 Å². The van der Waals surface area contributed by atoms with Crippen molar-refractivity contribution in [2.24, 2.45) is 0 Å². The third-order valence-corrected chi connectivity index (χ3v) is 4.09. The van der Waals surface area contributed by atoms with Gasteiger partial charge in [0.1, 0.15) is 13.2 Å². The van der Waals surface area contributed by atoms with Gasteiger partial charge in [-0.15, -0.1) is 0 Å². The minimum Gasteiger partial charge on any atom is -0.486 e. The van der Waals surface area contributed by atoms with Crippen LogP contribution in [0.2, 0.25) is 5.02 Å². The molecule has 0 aliphatic carbocycles. The van der Waals surface area contributed by atoms with Gasteiger partial charge in [-0.05, 0) is 41.8 Å². The van der Waals surface area contributed by atoms with Gasteiger partial charge in [-0.1, -0.05) is 36.7 Å². The largest absolute Gasteiger partial charge is 0.486 e. The second kappa shape index (κ2) is 7.03. The van der Waals surface area contributed by atoms with Gasteiger partial charge in [-0.2, -0.15) is 0 Å². The number of nitrogens with one attached hydrogen (secondary N) is 1. The van der Waals surface area contributed by atoms with Crippen LogP contribution in [0.15, 0.2) is 42.5 Å². The molecule has 22 heavy (non-hydrogen) atoms. The van der Waals surface area contributed by atoms with Gasteiger partial charge in [0.15, 0.2) is 11.5 Å². The summed E-state index contributed by atoms with van der Waals surface area (Å²) in [6, 6.07) is 14.4. The number of hydrogen-bond donors (Lipinski definition) is 1. The normalized spacial score (nSPS) is 14.6. The third kappa shape index (κ3) is 3.54. The van der Waals surface area contributed by atoms with Crippen LogP contribution in [0.4, 0.5) is 0 Å². The fourth-order valence-corrected chi connectivity index (χ4v) is 2.76. The number of hydrogen-bond acceptors (Lipinski definition) is 3. The molecule has 2 aromatic carbocycles. The van der Waals surface area contributed by atoms with Gasteiger partial charge in [0.25, 0.3) is 0 Å². The summed E-state index contributed by atoms with van der Waals surface area (Å²) in [5.41, 5.74) is 2.45. The Morgan fingerprint density at radius 2 is 1.77 bits per heavy atom. The maximum atomic E-state index is 5.95. The van der Waals surface area contributed by atoms with Gasteiger partial charge in [0.2, 0.25) is 0 Å². The van der Waals surface area contributed by atoms with Gasteiger partial charge >= 0.3 is 0 Å². The van der Waals surface area contributed by atoms with E-state index in [1.165, 1.54) is 11.1 Å². The van der Waals surface area contributed by atoms with Crippen molar-refractivity contribution in [3.8, 4) is 11.5 Å². The molecule has 1 N–H and O–H groups in total. The first-order valence-electron chi connectivity index (χ1n) is 7.63. The molecule has 4 heteroatoms. The average molecular weight is 318 g/mol. The van der Waals surface area contributed by atoms with Crippen LogP contribution in [0.1, 0.15) is 30.5 Å². The number of fused-ring (bicyclic) bond motifs is 1. The van der Waals surface area contributed by atoms with E-state index < -0.39 is 0 Å². The highest BCUT2D eigenvalue weighted by molar-refractivity contribution is 6.30. The molecular formula is C18H20ClNO2. The minimum atomic E-state index is 0.311. The van der Waals surface area contributed by atoms with E-state index in [1.807, 2.05) is 18.2 Å². The molecular weight excluding hydrogens is 298 g/mol. The smallest absolute Gasteiger partial charge is 0.161 e. The molecule has 1 atom stereocenters. The Hall–Kier alpha value is -1.71. The Morgan fingerprint density at radius 3 is 2.50 bits per heavy atom. The number of rotatable bonds is 5. The molecule has 0 saturated heterocycles. The van der Waals surface area contributed by atoms with Gasteiger partial charge in [0, 0.05) is 17.6 Å². The topological polar surface area (TPSA) is 30.5 Å². The van der Waals surface area contributed by atoms with E-state index in [0.29, 0.717) is 19.3 Å². The lowest BCUT2D eigenvalue weighted by molar-refractivity contribution is 0.171. The number of halogens is 1. The molecule has 0 amide bonds. The molecule has 0 bridgehead atoms. The maximum absolute atomic E-state index is 5.95. The van der Waals surface area contributed by atoms with E-state index in [2.05, 4.69) is 36.5 Å². The minimum absolute atomic E-state index is 0.311. The summed E-state index contributed by atoms with van der Waals surface area (Å²) < 4.78 is 11.2. The van der Waals surface area contributed by atoms with Crippen molar-refractivity contribution in [3.05, 3.63) is 58.6 Å². The van der Waals surface area contributed by atoms with Gasteiger partial charge in [-0.25, -0.2) is 0 Å². The standard InChI is InChI=1S/C18H20ClNO2/c1-2-16(14-4-6-15(19)7-5-14)20-12-13-3-8-17-18(11-13)22-10-9-21-17/h3-8,11,16,20H,2,9-10,12H2,1H3/t16-/m0/s1. The lowest BCUT2D eigenvalue weighted by atomic mass is 10.0. The lowest BCUT2D eigenvalue weighted by Crippen LogP contribution is -2.20. The van der Waals surface area contributed by atoms with E-state index in [0.717, 1.165) is 29.5 Å². The van der Waals surface area contributed by atoms with Crippen molar-refractivity contribution < 1.29 is 9.47 Å². The highest BCUT2D eigenvalue weighted by atomic mass is 35.5. The Kier molecular flexibility index (Phi) is 4.86. The lowest BCUT2D eigenvalue weighted by Gasteiger charge is -2.20. The van der Waals surface area contributed by atoms with Crippen molar-refractivity contribution in [3.63, 3.8) is 0 Å². The third-order valence-electron chi connectivity index (χ3n) is 3.84. The highest BCUT2D eigenvalue weighted by Crippen LogP contribution is 2.31. The Bertz CT molecular complexity index is 627. The van der Waals surface area contributed by atoms with Crippen molar-refractivity contribution in [2.75, 3.05) is 13.2 Å². The zero-order chi connectivity index (χ0) is 15.4. The fourth-order valence-electron chi connectivity index (χ4n) is 2.63. The summed E-state index contributed by atoms with van der Waals surface area (Å²) in [4.78, 5) is 0. The molecule has 0 saturated carbocycles. The van der Waals surface area contributed by atoms with Gasteiger partial charge < -0.3 is 14.8 Å². The molecule has 0 aromatic heterocycles. The molecule has 3 nitrogen and oxygen atoms in total. The van der Waals surface area contributed by atoms with E-state index in [1.54, 1.807) is 0 Å². The van der Waals surface area contributed by atoms with Crippen LogP contribution in [0.25, 0.3) is 0 Å². The van der Waals surface area contributed by atoms with Gasteiger partial charge in [-0.3, -0.25) is 0 Å². The molecule has 1 aliphatic heterocycles. The van der Waals surface area contributed by atoms with Crippen molar-refractivity contribution >= 4 is 11.6 Å².